The molecule has 2 N–H and O–H groups in total. The molecule has 2 aromatic rings. The summed E-state index contributed by atoms with van der Waals surface area (Å²) in [6.45, 7) is 0. The number of fused-ring (bicyclic) bond motifs is 1. The van der Waals surface area contributed by atoms with E-state index in [0.29, 0.717) is 10.7 Å². The highest BCUT2D eigenvalue weighted by Gasteiger charge is 2.08. The quantitative estimate of drug-likeness (QED) is 0.851. The molecule has 2 rings (SSSR count). The Hall–Kier alpha value is -1.13. The van der Waals surface area contributed by atoms with Crippen LogP contribution in [-0.4, -0.2) is 10.3 Å². The molecule has 0 atom stereocenters. The van der Waals surface area contributed by atoms with Gasteiger partial charge >= 0.3 is 0 Å². The molecule has 14 heavy (non-hydrogen) atoms. The zero-order valence-electron chi connectivity index (χ0n) is 7.16. The first kappa shape index (κ1) is 9.43. The van der Waals surface area contributed by atoms with Crippen LogP contribution >= 0.6 is 23.1 Å². The Morgan fingerprint density at radius 1 is 1.57 bits per heavy atom. The maximum absolute atomic E-state index is 10.7. The van der Waals surface area contributed by atoms with Crippen LogP contribution in [0.15, 0.2) is 18.2 Å². The van der Waals surface area contributed by atoms with Crippen LogP contribution in [0.4, 0.5) is 0 Å². The van der Waals surface area contributed by atoms with Crippen molar-refractivity contribution >= 4 is 39.1 Å². The first-order valence-corrected chi connectivity index (χ1v) is 5.14. The zero-order chi connectivity index (χ0) is 10.1. The van der Waals surface area contributed by atoms with E-state index in [9.17, 15) is 4.79 Å². The van der Waals surface area contributed by atoms with Crippen LogP contribution in [0.2, 0.25) is 5.02 Å². The summed E-state index contributed by atoms with van der Waals surface area (Å²) in [6.07, 6.45) is 0.167. The lowest BCUT2D eigenvalue weighted by Crippen LogP contribution is -2.13. The molecule has 0 unspecified atom stereocenters. The largest absolute Gasteiger partial charge is 0.369 e. The lowest BCUT2D eigenvalue weighted by atomic mass is 10.2. The van der Waals surface area contributed by atoms with E-state index in [1.165, 1.54) is 11.5 Å². The van der Waals surface area contributed by atoms with Crippen LogP contribution in [-0.2, 0) is 11.2 Å². The zero-order valence-corrected chi connectivity index (χ0v) is 8.73. The number of carbonyl (C=O) groups is 1. The van der Waals surface area contributed by atoms with Crippen LogP contribution in [0.1, 0.15) is 5.69 Å². The molecule has 3 nitrogen and oxygen atoms in total. The van der Waals surface area contributed by atoms with Crippen molar-refractivity contribution in [3.63, 3.8) is 0 Å². The van der Waals surface area contributed by atoms with Crippen LogP contribution in [0.25, 0.3) is 10.1 Å². The molecular weight excluding hydrogens is 220 g/mol. The van der Waals surface area contributed by atoms with Crippen molar-refractivity contribution < 1.29 is 4.79 Å². The number of aromatic nitrogens is 1. The summed E-state index contributed by atoms with van der Waals surface area (Å²) in [7, 11) is 0. The van der Waals surface area contributed by atoms with Gasteiger partial charge in [-0.25, -0.2) is 0 Å². The SMILES string of the molecule is NC(=O)Cc1nsc2ccc(Cl)cc12. The van der Waals surface area contributed by atoms with Gasteiger partial charge in [-0.3, -0.25) is 4.79 Å². The third-order valence-electron chi connectivity index (χ3n) is 1.85. The molecule has 0 spiro atoms. The molecule has 72 valence electrons. The van der Waals surface area contributed by atoms with Gasteiger partial charge in [-0.1, -0.05) is 11.6 Å². The molecule has 1 aromatic heterocycles. The Bertz CT molecular complexity index is 495. The molecule has 0 aliphatic rings. The van der Waals surface area contributed by atoms with E-state index >= 15 is 0 Å². The number of benzene rings is 1. The Kier molecular flexibility index (Phi) is 2.39. The summed E-state index contributed by atoms with van der Waals surface area (Å²) < 4.78 is 5.18. The number of amides is 1. The summed E-state index contributed by atoms with van der Waals surface area (Å²) in [5.41, 5.74) is 5.81. The third kappa shape index (κ3) is 1.71. The normalized spacial score (nSPS) is 10.6. The van der Waals surface area contributed by atoms with E-state index in [1.807, 2.05) is 6.07 Å². The number of nitrogens with zero attached hydrogens (tertiary/aromatic N) is 1. The molecule has 1 aromatic carbocycles. The molecule has 1 amide bonds. The summed E-state index contributed by atoms with van der Waals surface area (Å²) >= 11 is 7.19. The molecule has 0 bridgehead atoms. The smallest absolute Gasteiger partial charge is 0.223 e. The lowest BCUT2D eigenvalue weighted by molar-refractivity contribution is -0.117. The topological polar surface area (TPSA) is 56.0 Å². The van der Waals surface area contributed by atoms with E-state index in [0.717, 1.165) is 10.1 Å². The third-order valence-corrected chi connectivity index (χ3v) is 2.95. The first-order valence-electron chi connectivity index (χ1n) is 3.99. The van der Waals surface area contributed by atoms with Gasteiger partial charge in [0.05, 0.1) is 16.8 Å². The van der Waals surface area contributed by atoms with E-state index in [-0.39, 0.29) is 12.3 Å². The molecule has 0 aliphatic heterocycles. The summed E-state index contributed by atoms with van der Waals surface area (Å²) in [5, 5.41) is 1.56. The summed E-state index contributed by atoms with van der Waals surface area (Å²) in [5.74, 6) is -0.378. The Labute approximate surface area is 89.6 Å². The monoisotopic (exact) mass is 226 g/mol. The molecule has 0 saturated carbocycles. The van der Waals surface area contributed by atoms with Crippen molar-refractivity contribution in [2.45, 2.75) is 6.42 Å². The van der Waals surface area contributed by atoms with Crippen LogP contribution in [0.5, 0.6) is 0 Å². The molecule has 0 aliphatic carbocycles. The van der Waals surface area contributed by atoms with Crippen molar-refractivity contribution in [1.82, 2.24) is 4.37 Å². The summed E-state index contributed by atoms with van der Waals surface area (Å²) in [4.78, 5) is 10.7. The number of halogens is 1. The average molecular weight is 227 g/mol. The lowest BCUT2D eigenvalue weighted by Gasteiger charge is -1.94. The van der Waals surface area contributed by atoms with Gasteiger partial charge < -0.3 is 5.73 Å². The van der Waals surface area contributed by atoms with Crippen LogP contribution in [0.3, 0.4) is 0 Å². The van der Waals surface area contributed by atoms with Crippen LogP contribution in [0, 0.1) is 0 Å². The number of primary amides is 1. The van der Waals surface area contributed by atoms with Gasteiger partial charge in [0.2, 0.25) is 5.91 Å². The molecular formula is C9H7ClN2OS. The minimum Gasteiger partial charge on any atom is -0.369 e. The highest BCUT2D eigenvalue weighted by Crippen LogP contribution is 2.25. The maximum Gasteiger partial charge on any atom is 0.223 e. The number of rotatable bonds is 2. The Balaban J connectivity index is 2.55. The molecule has 0 saturated heterocycles. The van der Waals surface area contributed by atoms with Crippen molar-refractivity contribution in [3.8, 4) is 0 Å². The minimum atomic E-state index is -0.378. The molecule has 1 heterocycles. The number of hydrogen-bond acceptors (Lipinski definition) is 3. The van der Waals surface area contributed by atoms with E-state index in [2.05, 4.69) is 4.37 Å². The van der Waals surface area contributed by atoms with Gasteiger partial charge in [-0.2, -0.15) is 4.37 Å². The number of hydrogen-bond donors (Lipinski definition) is 1. The highest BCUT2D eigenvalue weighted by molar-refractivity contribution is 7.13. The second kappa shape index (κ2) is 3.55. The van der Waals surface area contributed by atoms with Crippen molar-refractivity contribution in [3.05, 3.63) is 28.9 Å². The van der Waals surface area contributed by atoms with Gasteiger partial charge in [-0.15, -0.1) is 0 Å². The van der Waals surface area contributed by atoms with Gasteiger partial charge in [0, 0.05) is 10.4 Å². The molecule has 0 fully saturated rings. The summed E-state index contributed by atoms with van der Waals surface area (Å²) in [6, 6.07) is 5.49. The fourth-order valence-electron chi connectivity index (χ4n) is 1.25. The fourth-order valence-corrected chi connectivity index (χ4v) is 2.20. The van der Waals surface area contributed by atoms with Gasteiger partial charge in [0.1, 0.15) is 0 Å². The van der Waals surface area contributed by atoms with Gasteiger partial charge in [0.15, 0.2) is 0 Å². The first-order chi connectivity index (χ1) is 6.66. The predicted octanol–water partition coefficient (Wildman–Crippen LogP) is 1.98. The maximum atomic E-state index is 10.7. The van der Waals surface area contributed by atoms with Gasteiger partial charge in [0.25, 0.3) is 0 Å². The Morgan fingerprint density at radius 3 is 3.07 bits per heavy atom. The second-order valence-corrected chi connectivity index (χ2v) is 4.15. The fraction of sp³-hybridized carbons (Fsp3) is 0.111. The standard InChI is InChI=1S/C9H7ClN2OS/c10-5-1-2-8-6(3-5)7(12-14-8)4-9(11)13/h1-3H,4H2,(H2,11,13). The van der Waals surface area contributed by atoms with E-state index in [1.54, 1.807) is 12.1 Å². The molecule has 0 radical (unpaired) electrons. The predicted molar refractivity (Wildman–Crippen MR) is 57.5 cm³/mol. The number of carbonyl (C=O) groups excluding carboxylic acids is 1. The van der Waals surface area contributed by atoms with Gasteiger partial charge in [-0.05, 0) is 29.7 Å². The second-order valence-electron chi connectivity index (χ2n) is 2.91. The van der Waals surface area contributed by atoms with Crippen molar-refractivity contribution in [2.24, 2.45) is 5.73 Å². The highest BCUT2D eigenvalue weighted by atomic mass is 35.5. The van der Waals surface area contributed by atoms with E-state index < -0.39 is 0 Å². The molecule has 5 heteroatoms. The van der Waals surface area contributed by atoms with Crippen LogP contribution < -0.4 is 5.73 Å². The van der Waals surface area contributed by atoms with Crippen molar-refractivity contribution in [1.29, 1.82) is 0 Å². The minimum absolute atomic E-state index is 0.167. The Morgan fingerprint density at radius 2 is 2.36 bits per heavy atom. The number of nitrogens with two attached hydrogens (primary N) is 1. The van der Waals surface area contributed by atoms with Crippen molar-refractivity contribution in [2.75, 3.05) is 0 Å². The average Bonchev–Trinajstić information content (AvgIpc) is 2.47. The van der Waals surface area contributed by atoms with E-state index in [4.69, 9.17) is 17.3 Å².